The fourth-order valence-electron chi connectivity index (χ4n) is 1.23. The lowest BCUT2D eigenvalue weighted by molar-refractivity contribution is 0.343. The maximum atomic E-state index is 8.48. The minimum Gasteiger partial charge on any atom is -0.392 e. The molecule has 0 unspecified atom stereocenters. The third-order valence-corrected chi connectivity index (χ3v) is 2.12. The van der Waals surface area contributed by atoms with Crippen molar-refractivity contribution in [2.24, 2.45) is 0 Å². The van der Waals surface area contributed by atoms with Gasteiger partial charge < -0.3 is 5.11 Å². The van der Waals surface area contributed by atoms with Gasteiger partial charge in [0.15, 0.2) is 0 Å². The maximum absolute atomic E-state index is 8.48. The Balaban J connectivity index is 3.39. The van der Waals surface area contributed by atoms with Gasteiger partial charge in [0.05, 0.1) is 6.61 Å². The van der Waals surface area contributed by atoms with E-state index in [1.54, 1.807) is 6.08 Å². The van der Waals surface area contributed by atoms with Crippen molar-refractivity contribution in [3.63, 3.8) is 0 Å². The first-order chi connectivity index (χ1) is 7.91. The summed E-state index contributed by atoms with van der Waals surface area (Å²) >= 11 is 0. The van der Waals surface area contributed by atoms with E-state index in [1.165, 1.54) is 25.7 Å². The van der Waals surface area contributed by atoms with E-state index in [-0.39, 0.29) is 6.61 Å². The Morgan fingerprint density at radius 2 is 1.56 bits per heavy atom. The first-order valence-electron chi connectivity index (χ1n) is 6.16. The highest BCUT2D eigenvalue weighted by atomic mass is 16.2. The second-order valence-electron chi connectivity index (χ2n) is 3.63. The first kappa shape index (κ1) is 14.9. The Morgan fingerprint density at radius 3 is 2.25 bits per heavy atom. The molecule has 0 saturated carbocycles. The van der Waals surface area contributed by atoms with Crippen molar-refractivity contribution < 1.29 is 5.11 Å². The number of allylic oxidation sites excluding steroid dienone is 7. The smallest absolute Gasteiger partial charge is 0.0615 e. The molecule has 0 aliphatic rings. The van der Waals surface area contributed by atoms with E-state index in [0.29, 0.717) is 0 Å². The van der Waals surface area contributed by atoms with Crippen LogP contribution in [0.3, 0.4) is 0 Å². The molecular formula is C15H24O. The van der Waals surface area contributed by atoms with Crippen LogP contribution in [-0.2, 0) is 0 Å². The SMILES string of the molecule is CCCCC/C=C\CC=C/C=C/C=CCO. The molecule has 0 aliphatic carbocycles. The zero-order valence-corrected chi connectivity index (χ0v) is 10.3. The number of rotatable bonds is 9. The van der Waals surface area contributed by atoms with E-state index >= 15 is 0 Å². The van der Waals surface area contributed by atoms with Gasteiger partial charge in [-0.05, 0) is 19.3 Å². The topological polar surface area (TPSA) is 20.2 Å². The molecule has 0 radical (unpaired) electrons. The van der Waals surface area contributed by atoms with Crippen molar-refractivity contribution in [3.05, 3.63) is 48.6 Å². The average molecular weight is 220 g/mol. The average Bonchev–Trinajstić information content (AvgIpc) is 2.31. The summed E-state index contributed by atoms with van der Waals surface area (Å²) < 4.78 is 0. The number of hydrogen-bond acceptors (Lipinski definition) is 1. The third-order valence-electron chi connectivity index (χ3n) is 2.12. The molecule has 0 fully saturated rings. The van der Waals surface area contributed by atoms with Gasteiger partial charge in [-0.1, -0.05) is 68.4 Å². The summed E-state index contributed by atoms with van der Waals surface area (Å²) in [7, 11) is 0. The predicted molar refractivity (Wildman–Crippen MR) is 72.4 cm³/mol. The van der Waals surface area contributed by atoms with Crippen LogP contribution in [0.2, 0.25) is 0 Å². The minimum absolute atomic E-state index is 0.106. The van der Waals surface area contributed by atoms with Gasteiger partial charge in [0.25, 0.3) is 0 Å². The molecule has 0 spiro atoms. The van der Waals surface area contributed by atoms with Crippen LogP contribution in [0, 0.1) is 0 Å². The molecule has 0 rings (SSSR count). The fraction of sp³-hybridized carbons (Fsp3) is 0.467. The lowest BCUT2D eigenvalue weighted by Gasteiger charge is -1.90. The van der Waals surface area contributed by atoms with Crippen molar-refractivity contribution in [1.82, 2.24) is 0 Å². The van der Waals surface area contributed by atoms with Gasteiger partial charge >= 0.3 is 0 Å². The van der Waals surface area contributed by atoms with Crippen molar-refractivity contribution in [3.8, 4) is 0 Å². The van der Waals surface area contributed by atoms with Gasteiger partial charge in [-0.15, -0.1) is 0 Å². The summed E-state index contributed by atoms with van der Waals surface area (Å²) in [4.78, 5) is 0. The maximum Gasteiger partial charge on any atom is 0.0615 e. The lowest BCUT2D eigenvalue weighted by Crippen LogP contribution is -1.70. The molecule has 1 N–H and O–H groups in total. The van der Waals surface area contributed by atoms with Gasteiger partial charge in [-0.3, -0.25) is 0 Å². The summed E-state index contributed by atoms with van der Waals surface area (Å²) in [5.41, 5.74) is 0. The second kappa shape index (κ2) is 13.9. The minimum atomic E-state index is 0.106. The van der Waals surface area contributed by atoms with Crippen LogP contribution in [-0.4, -0.2) is 11.7 Å². The first-order valence-corrected chi connectivity index (χ1v) is 6.16. The summed E-state index contributed by atoms with van der Waals surface area (Å²) in [6.07, 6.45) is 22.2. The number of aliphatic hydroxyl groups excluding tert-OH is 1. The van der Waals surface area contributed by atoms with Crippen LogP contribution in [0.5, 0.6) is 0 Å². The molecule has 1 nitrogen and oxygen atoms in total. The Bertz CT molecular complexity index is 234. The van der Waals surface area contributed by atoms with Gasteiger partial charge in [0, 0.05) is 0 Å². The molecular weight excluding hydrogens is 196 g/mol. The van der Waals surface area contributed by atoms with Gasteiger partial charge in [-0.2, -0.15) is 0 Å². The Kier molecular flexibility index (Phi) is 13.0. The molecule has 0 aliphatic heterocycles. The molecule has 0 atom stereocenters. The predicted octanol–water partition coefficient (Wildman–Crippen LogP) is 4.17. The van der Waals surface area contributed by atoms with Gasteiger partial charge in [0.1, 0.15) is 0 Å². The Hall–Kier alpha value is -1.08. The Labute approximate surface area is 99.9 Å². The number of unbranched alkanes of at least 4 members (excludes halogenated alkanes) is 3. The highest BCUT2D eigenvalue weighted by molar-refractivity contribution is 5.11. The molecule has 0 aromatic rings. The lowest BCUT2D eigenvalue weighted by atomic mass is 10.2. The molecule has 16 heavy (non-hydrogen) atoms. The highest BCUT2D eigenvalue weighted by Crippen LogP contribution is 2.00. The van der Waals surface area contributed by atoms with Crippen LogP contribution < -0.4 is 0 Å². The van der Waals surface area contributed by atoms with E-state index in [0.717, 1.165) is 6.42 Å². The van der Waals surface area contributed by atoms with Crippen molar-refractivity contribution >= 4 is 0 Å². The molecule has 1 heteroatoms. The van der Waals surface area contributed by atoms with Crippen LogP contribution in [0.25, 0.3) is 0 Å². The van der Waals surface area contributed by atoms with Gasteiger partial charge in [-0.25, -0.2) is 0 Å². The summed E-state index contributed by atoms with van der Waals surface area (Å²) in [5.74, 6) is 0. The highest BCUT2D eigenvalue weighted by Gasteiger charge is 1.80. The molecule has 0 heterocycles. The Morgan fingerprint density at radius 1 is 0.812 bits per heavy atom. The summed E-state index contributed by atoms with van der Waals surface area (Å²) in [5, 5.41) is 8.48. The number of aliphatic hydroxyl groups is 1. The van der Waals surface area contributed by atoms with E-state index < -0.39 is 0 Å². The zero-order chi connectivity index (χ0) is 11.9. The zero-order valence-electron chi connectivity index (χ0n) is 10.3. The molecule has 0 bridgehead atoms. The quantitative estimate of drug-likeness (QED) is 0.351. The molecule has 0 saturated heterocycles. The third kappa shape index (κ3) is 12.9. The molecule has 0 amide bonds. The van der Waals surface area contributed by atoms with E-state index in [9.17, 15) is 0 Å². The van der Waals surface area contributed by atoms with E-state index in [4.69, 9.17) is 5.11 Å². The van der Waals surface area contributed by atoms with E-state index in [2.05, 4.69) is 25.2 Å². The molecule has 0 aromatic carbocycles. The summed E-state index contributed by atoms with van der Waals surface area (Å²) in [6.45, 7) is 2.33. The monoisotopic (exact) mass is 220 g/mol. The second-order valence-corrected chi connectivity index (χ2v) is 3.63. The summed E-state index contributed by atoms with van der Waals surface area (Å²) in [6, 6.07) is 0. The van der Waals surface area contributed by atoms with Crippen LogP contribution >= 0.6 is 0 Å². The van der Waals surface area contributed by atoms with Crippen LogP contribution in [0.1, 0.15) is 39.0 Å². The molecule has 90 valence electrons. The van der Waals surface area contributed by atoms with E-state index in [1.807, 2.05) is 24.3 Å². The number of hydrogen-bond donors (Lipinski definition) is 1. The van der Waals surface area contributed by atoms with Crippen molar-refractivity contribution in [2.45, 2.75) is 39.0 Å². The van der Waals surface area contributed by atoms with Gasteiger partial charge in [0.2, 0.25) is 0 Å². The van der Waals surface area contributed by atoms with Crippen molar-refractivity contribution in [1.29, 1.82) is 0 Å². The normalized spacial score (nSPS) is 12.9. The molecule has 0 aromatic heterocycles. The largest absolute Gasteiger partial charge is 0.392 e. The van der Waals surface area contributed by atoms with Crippen molar-refractivity contribution in [2.75, 3.05) is 6.61 Å². The van der Waals surface area contributed by atoms with Crippen LogP contribution in [0.4, 0.5) is 0 Å². The van der Waals surface area contributed by atoms with Crippen LogP contribution in [0.15, 0.2) is 48.6 Å². The fourth-order valence-corrected chi connectivity index (χ4v) is 1.23. The standard InChI is InChI=1S/C15H24O/c1-2-3-4-5-6-7-8-9-10-11-12-13-14-15-16/h6-7,9-14,16H,2-5,8,15H2,1H3/b7-6-,10-9?,12-11+,14-13?.